The van der Waals surface area contributed by atoms with Gasteiger partial charge in [0.1, 0.15) is 5.82 Å². The molecule has 0 spiro atoms. The molecule has 2 N–H and O–H groups in total. The van der Waals surface area contributed by atoms with Gasteiger partial charge in [-0.2, -0.15) is 0 Å². The molecule has 1 aromatic carbocycles. The van der Waals surface area contributed by atoms with Crippen LogP contribution in [0, 0.1) is 6.92 Å². The first-order valence-electron chi connectivity index (χ1n) is 5.11. The second kappa shape index (κ2) is 4.55. The molecule has 0 radical (unpaired) electrons. The number of hydrogen-bond acceptors (Lipinski definition) is 3. The fourth-order valence-corrected chi connectivity index (χ4v) is 1.76. The molecule has 0 saturated carbocycles. The molecule has 0 unspecified atom stereocenters. The highest BCUT2D eigenvalue weighted by Gasteiger charge is 2.15. The summed E-state index contributed by atoms with van der Waals surface area (Å²) in [5, 5.41) is 0.399. The van der Waals surface area contributed by atoms with Crippen molar-refractivity contribution in [1.82, 2.24) is 4.98 Å². The van der Waals surface area contributed by atoms with Crippen LogP contribution < -0.4 is 5.73 Å². The number of nitrogen functional groups attached to an aromatic ring is 1. The molecule has 2 rings (SSSR count). The number of nitrogens with two attached hydrogens (primary N) is 1. The third-order valence-electron chi connectivity index (χ3n) is 2.52. The van der Waals surface area contributed by atoms with Gasteiger partial charge in [-0.3, -0.25) is 4.79 Å². The summed E-state index contributed by atoms with van der Waals surface area (Å²) in [5.41, 5.74) is 7.54. The molecule has 3 nitrogen and oxygen atoms in total. The number of carbonyl (C=O) groups is 1. The van der Waals surface area contributed by atoms with E-state index in [2.05, 4.69) is 4.98 Å². The molecule has 0 atom stereocenters. The van der Waals surface area contributed by atoms with Crippen molar-refractivity contribution in [3.63, 3.8) is 0 Å². The van der Waals surface area contributed by atoms with Gasteiger partial charge in [-0.15, -0.1) is 0 Å². The number of pyridine rings is 1. The first kappa shape index (κ1) is 11.6. The lowest BCUT2D eigenvalue weighted by Crippen LogP contribution is -2.08. The van der Waals surface area contributed by atoms with Gasteiger partial charge >= 0.3 is 0 Å². The highest BCUT2D eigenvalue weighted by atomic mass is 35.5. The smallest absolute Gasteiger partial charge is 0.197 e. The number of carbonyl (C=O) groups excluding carboxylic acids is 1. The summed E-state index contributed by atoms with van der Waals surface area (Å²) >= 11 is 5.82. The van der Waals surface area contributed by atoms with Crippen LogP contribution in [0.15, 0.2) is 36.5 Å². The minimum Gasteiger partial charge on any atom is -0.383 e. The highest BCUT2D eigenvalue weighted by molar-refractivity contribution is 6.31. The summed E-state index contributed by atoms with van der Waals surface area (Å²) in [7, 11) is 0. The SMILES string of the molecule is Cc1ccccc1C(=O)c1cc(Cl)cnc1N. The van der Waals surface area contributed by atoms with Crippen molar-refractivity contribution >= 4 is 23.2 Å². The predicted octanol–water partition coefficient (Wildman–Crippen LogP) is 2.86. The van der Waals surface area contributed by atoms with Gasteiger partial charge in [-0.05, 0) is 18.6 Å². The predicted molar refractivity (Wildman–Crippen MR) is 68.3 cm³/mol. The molecule has 0 aliphatic heterocycles. The van der Waals surface area contributed by atoms with Gasteiger partial charge in [0.05, 0.1) is 10.6 Å². The molecule has 1 aromatic heterocycles. The fourth-order valence-electron chi connectivity index (χ4n) is 1.60. The van der Waals surface area contributed by atoms with Crippen LogP contribution in [0.1, 0.15) is 21.5 Å². The Balaban J connectivity index is 2.51. The van der Waals surface area contributed by atoms with E-state index < -0.39 is 0 Å². The van der Waals surface area contributed by atoms with Gasteiger partial charge < -0.3 is 5.73 Å². The molecule has 0 aliphatic rings. The van der Waals surface area contributed by atoms with Crippen LogP contribution >= 0.6 is 11.6 Å². The highest BCUT2D eigenvalue weighted by Crippen LogP contribution is 2.20. The topological polar surface area (TPSA) is 56.0 Å². The Kier molecular flexibility index (Phi) is 3.11. The first-order chi connectivity index (χ1) is 8.09. The van der Waals surface area contributed by atoms with E-state index >= 15 is 0 Å². The number of anilines is 1. The minimum atomic E-state index is -0.157. The van der Waals surface area contributed by atoms with Crippen molar-refractivity contribution in [2.24, 2.45) is 0 Å². The zero-order valence-electron chi connectivity index (χ0n) is 9.27. The van der Waals surface area contributed by atoms with Gasteiger partial charge in [-0.25, -0.2) is 4.98 Å². The summed E-state index contributed by atoms with van der Waals surface area (Å²) in [4.78, 5) is 16.1. The number of ketones is 1. The molecule has 17 heavy (non-hydrogen) atoms. The van der Waals surface area contributed by atoms with Crippen molar-refractivity contribution in [3.8, 4) is 0 Å². The normalized spacial score (nSPS) is 10.2. The van der Waals surface area contributed by atoms with E-state index in [4.69, 9.17) is 17.3 Å². The first-order valence-corrected chi connectivity index (χ1v) is 5.48. The van der Waals surface area contributed by atoms with E-state index in [1.165, 1.54) is 6.20 Å². The van der Waals surface area contributed by atoms with Crippen molar-refractivity contribution in [2.75, 3.05) is 5.73 Å². The lowest BCUT2D eigenvalue weighted by Gasteiger charge is -2.06. The number of aryl methyl sites for hydroxylation is 1. The number of hydrogen-bond donors (Lipinski definition) is 1. The Labute approximate surface area is 104 Å². The molecule has 0 bridgehead atoms. The van der Waals surface area contributed by atoms with Gasteiger partial charge in [0.25, 0.3) is 0 Å². The molecule has 0 saturated heterocycles. The molecule has 86 valence electrons. The molecule has 0 aliphatic carbocycles. The largest absolute Gasteiger partial charge is 0.383 e. The lowest BCUT2D eigenvalue weighted by atomic mass is 10.00. The minimum absolute atomic E-state index is 0.157. The zero-order chi connectivity index (χ0) is 12.4. The summed E-state index contributed by atoms with van der Waals surface area (Å²) < 4.78 is 0. The second-order valence-electron chi connectivity index (χ2n) is 3.73. The van der Waals surface area contributed by atoms with Crippen LogP contribution in [0.3, 0.4) is 0 Å². The molecule has 4 heteroatoms. The number of benzene rings is 1. The standard InChI is InChI=1S/C13H11ClN2O/c1-8-4-2-3-5-10(8)12(17)11-6-9(14)7-16-13(11)15/h2-7H,1H3,(H2,15,16). The van der Waals surface area contributed by atoms with Gasteiger partial charge in [0, 0.05) is 11.8 Å². The van der Waals surface area contributed by atoms with Gasteiger partial charge in [-0.1, -0.05) is 35.9 Å². The number of aromatic nitrogens is 1. The maximum atomic E-state index is 12.3. The molecular weight excluding hydrogens is 236 g/mol. The Morgan fingerprint density at radius 1 is 1.29 bits per heavy atom. The number of halogens is 1. The lowest BCUT2D eigenvalue weighted by molar-refractivity contribution is 0.103. The number of nitrogens with zero attached hydrogens (tertiary/aromatic N) is 1. The van der Waals surface area contributed by atoms with Crippen LogP contribution in [0.2, 0.25) is 5.02 Å². The Morgan fingerprint density at radius 3 is 2.71 bits per heavy atom. The molecule has 1 heterocycles. The zero-order valence-corrected chi connectivity index (χ0v) is 10.0. The Bertz CT molecular complexity index is 581. The van der Waals surface area contributed by atoms with Gasteiger partial charge in [0.2, 0.25) is 0 Å². The molecule has 0 amide bonds. The monoisotopic (exact) mass is 246 g/mol. The number of rotatable bonds is 2. The van der Waals surface area contributed by atoms with Crippen molar-refractivity contribution in [3.05, 3.63) is 58.2 Å². The van der Waals surface area contributed by atoms with Crippen LogP contribution in [0.5, 0.6) is 0 Å². The van der Waals surface area contributed by atoms with E-state index in [0.717, 1.165) is 5.56 Å². The van der Waals surface area contributed by atoms with E-state index in [9.17, 15) is 4.79 Å². The maximum absolute atomic E-state index is 12.3. The van der Waals surface area contributed by atoms with Crippen molar-refractivity contribution in [1.29, 1.82) is 0 Å². The Hall–Kier alpha value is -1.87. The molecule has 2 aromatic rings. The summed E-state index contributed by atoms with van der Waals surface area (Å²) in [5.74, 6) is 0.0400. The molecule has 0 fully saturated rings. The maximum Gasteiger partial charge on any atom is 0.197 e. The van der Waals surface area contributed by atoms with Gasteiger partial charge in [0.15, 0.2) is 5.78 Å². The van der Waals surface area contributed by atoms with Crippen LogP contribution in [-0.2, 0) is 0 Å². The second-order valence-corrected chi connectivity index (χ2v) is 4.17. The third kappa shape index (κ3) is 2.29. The van der Waals surface area contributed by atoms with E-state index in [-0.39, 0.29) is 11.6 Å². The molecular formula is C13H11ClN2O. The third-order valence-corrected chi connectivity index (χ3v) is 2.73. The van der Waals surface area contributed by atoms with E-state index in [1.54, 1.807) is 12.1 Å². The average Bonchev–Trinajstić information content (AvgIpc) is 2.32. The van der Waals surface area contributed by atoms with Crippen LogP contribution in [0.25, 0.3) is 0 Å². The van der Waals surface area contributed by atoms with E-state index in [0.29, 0.717) is 16.1 Å². The van der Waals surface area contributed by atoms with Crippen LogP contribution in [0.4, 0.5) is 5.82 Å². The summed E-state index contributed by atoms with van der Waals surface area (Å²) in [6, 6.07) is 8.87. The Morgan fingerprint density at radius 2 is 2.00 bits per heavy atom. The summed E-state index contributed by atoms with van der Waals surface area (Å²) in [6.45, 7) is 1.88. The summed E-state index contributed by atoms with van der Waals surface area (Å²) in [6.07, 6.45) is 1.42. The fraction of sp³-hybridized carbons (Fsp3) is 0.0769. The van der Waals surface area contributed by atoms with Crippen molar-refractivity contribution in [2.45, 2.75) is 6.92 Å². The van der Waals surface area contributed by atoms with E-state index in [1.807, 2.05) is 25.1 Å². The van der Waals surface area contributed by atoms with Crippen LogP contribution in [-0.4, -0.2) is 10.8 Å². The average molecular weight is 247 g/mol. The van der Waals surface area contributed by atoms with Crippen molar-refractivity contribution < 1.29 is 4.79 Å². The quantitative estimate of drug-likeness (QED) is 0.829.